The Morgan fingerprint density at radius 3 is 2.37 bits per heavy atom. The van der Waals surface area contributed by atoms with Gasteiger partial charge in [-0.05, 0) is 57.5 Å². The van der Waals surface area contributed by atoms with Gasteiger partial charge in [-0.3, -0.25) is 0 Å². The molecule has 1 rings (SSSR count). The highest BCUT2D eigenvalue weighted by Gasteiger charge is 2.13. The van der Waals surface area contributed by atoms with Gasteiger partial charge >= 0.3 is 0 Å². The lowest BCUT2D eigenvalue weighted by atomic mass is 10.3. The van der Waals surface area contributed by atoms with Crippen molar-refractivity contribution in [2.75, 3.05) is 13.1 Å². The lowest BCUT2D eigenvalue weighted by Gasteiger charge is -2.10. The molecule has 0 aromatic heterocycles. The normalized spacial score (nSPS) is 11.8. The lowest BCUT2D eigenvalue weighted by Crippen LogP contribution is -2.25. The Labute approximate surface area is 115 Å². The first-order chi connectivity index (χ1) is 8.95. The summed E-state index contributed by atoms with van der Waals surface area (Å²) >= 11 is 0. The van der Waals surface area contributed by atoms with Crippen molar-refractivity contribution in [3.63, 3.8) is 0 Å². The number of benzene rings is 1. The monoisotopic (exact) mass is 286 g/mol. The van der Waals surface area contributed by atoms with Gasteiger partial charge in [-0.15, -0.1) is 0 Å². The van der Waals surface area contributed by atoms with Crippen LogP contribution in [0.3, 0.4) is 0 Å². The van der Waals surface area contributed by atoms with Crippen LogP contribution in [0.15, 0.2) is 29.2 Å². The molecule has 0 aliphatic heterocycles. The van der Waals surface area contributed by atoms with Crippen LogP contribution in [0.1, 0.15) is 26.7 Å². The van der Waals surface area contributed by atoms with Crippen LogP contribution in [-0.4, -0.2) is 27.6 Å². The predicted octanol–water partition coefficient (Wildman–Crippen LogP) is 1.49. The molecule has 0 heterocycles. The molecule has 1 aromatic rings. The third-order valence-corrected chi connectivity index (χ3v) is 3.91. The molecule has 0 saturated carbocycles. The number of unbranched alkanes of at least 4 members (excludes halogenated alkanes) is 1. The summed E-state index contributed by atoms with van der Waals surface area (Å²) in [6, 6.07) is 6.41. The van der Waals surface area contributed by atoms with Crippen molar-refractivity contribution in [2.45, 2.75) is 37.7 Å². The van der Waals surface area contributed by atoms with E-state index >= 15 is 0 Å². The maximum atomic E-state index is 11.9. The first-order valence-corrected chi connectivity index (χ1v) is 7.90. The van der Waals surface area contributed by atoms with Crippen molar-refractivity contribution in [1.29, 1.82) is 0 Å². The average Bonchev–Trinajstić information content (AvgIpc) is 2.35. The highest BCUT2D eigenvalue weighted by Crippen LogP contribution is 2.16. The number of ether oxygens (including phenoxy) is 1. The molecule has 0 aliphatic carbocycles. The Balaban J connectivity index is 2.63. The van der Waals surface area contributed by atoms with Crippen LogP contribution in [0.4, 0.5) is 0 Å². The van der Waals surface area contributed by atoms with Gasteiger partial charge in [0.15, 0.2) is 0 Å². The average molecular weight is 286 g/mol. The van der Waals surface area contributed by atoms with Crippen LogP contribution >= 0.6 is 0 Å². The van der Waals surface area contributed by atoms with Crippen LogP contribution in [0.2, 0.25) is 0 Å². The topological polar surface area (TPSA) is 81.4 Å². The minimum atomic E-state index is -3.43. The van der Waals surface area contributed by atoms with E-state index in [1.807, 2.05) is 13.8 Å². The summed E-state index contributed by atoms with van der Waals surface area (Å²) in [4.78, 5) is 0.247. The molecule has 0 saturated heterocycles. The number of nitrogens with one attached hydrogen (secondary N) is 1. The molecule has 0 spiro atoms. The molecule has 108 valence electrons. The third kappa shape index (κ3) is 5.59. The Hall–Kier alpha value is -1.11. The zero-order chi connectivity index (χ0) is 14.3. The molecule has 0 unspecified atom stereocenters. The van der Waals surface area contributed by atoms with Crippen LogP contribution in [0, 0.1) is 0 Å². The second kappa shape index (κ2) is 7.47. The smallest absolute Gasteiger partial charge is 0.240 e. The number of nitrogens with two attached hydrogens (primary N) is 1. The molecular weight excluding hydrogens is 264 g/mol. The van der Waals surface area contributed by atoms with Crippen molar-refractivity contribution >= 4 is 10.0 Å². The fraction of sp³-hybridized carbons (Fsp3) is 0.538. The second-order valence-corrected chi connectivity index (χ2v) is 6.30. The molecule has 5 nitrogen and oxygen atoms in total. The quantitative estimate of drug-likeness (QED) is 0.709. The molecular formula is C13H22N2O3S. The van der Waals surface area contributed by atoms with Crippen molar-refractivity contribution < 1.29 is 13.2 Å². The molecule has 6 heteroatoms. The van der Waals surface area contributed by atoms with Crippen LogP contribution in [0.5, 0.6) is 5.75 Å². The van der Waals surface area contributed by atoms with Gasteiger partial charge in [-0.2, -0.15) is 0 Å². The fourth-order valence-electron chi connectivity index (χ4n) is 1.53. The van der Waals surface area contributed by atoms with Gasteiger partial charge in [-0.1, -0.05) is 0 Å². The van der Waals surface area contributed by atoms with Gasteiger partial charge in [0.05, 0.1) is 11.0 Å². The van der Waals surface area contributed by atoms with Crippen LogP contribution < -0.4 is 15.2 Å². The van der Waals surface area contributed by atoms with E-state index in [1.165, 1.54) is 0 Å². The molecule has 0 aliphatic rings. The molecule has 0 atom stereocenters. The maximum absolute atomic E-state index is 11.9. The van der Waals surface area contributed by atoms with Crippen LogP contribution in [-0.2, 0) is 10.0 Å². The highest BCUT2D eigenvalue weighted by molar-refractivity contribution is 7.89. The van der Waals surface area contributed by atoms with E-state index in [-0.39, 0.29) is 11.0 Å². The second-order valence-electron chi connectivity index (χ2n) is 4.53. The van der Waals surface area contributed by atoms with E-state index in [0.717, 1.165) is 12.8 Å². The molecule has 0 amide bonds. The largest absolute Gasteiger partial charge is 0.491 e. The predicted molar refractivity (Wildman–Crippen MR) is 75.7 cm³/mol. The summed E-state index contributed by atoms with van der Waals surface area (Å²) in [6.07, 6.45) is 1.62. The van der Waals surface area contributed by atoms with Crippen molar-refractivity contribution in [3.05, 3.63) is 24.3 Å². The number of hydrogen-bond donors (Lipinski definition) is 2. The first-order valence-electron chi connectivity index (χ1n) is 6.42. The Kier molecular flexibility index (Phi) is 6.27. The van der Waals surface area contributed by atoms with E-state index in [1.54, 1.807) is 24.3 Å². The van der Waals surface area contributed by atoms with E-state index < -0.39 is 10.0 Å². The summed E-state index contributed by atoms with van der Waals surface area (Å²) in [6.45, 7) is 4.82. The van der Waals surface area contributed by atoms with Gasteiger partial charge in [0.1, 0.15) is 5.75 Å². The van der Waals surface area contributed by atoms with Gasteiger partial charge in [-0.25, -0.2) is 13.1 Å². The van der Waals surface area contributed by atoms with E-state index in [4.69, 9.17) is 10.5 Å². The highest BCUT2D eigenvalue weighted by atomic mass is 32.2. The molecule has 1 aromatic carbocycles. The van der Waals surface area contributed by atoms with E-state index in [0.29, 0.717) is 18.8 Å². The van der Waals surface area contributed by atoms with Gasteiger partial charge in [0, 0.05) is 6.54 Å². The SMILES string of the molecule is CC(C)Oc1ccc(S(=O)(=O)NCCCCN)cc1. The Morgan fingerprint density at radius 2 is 1.84 bits per heavy atom. The van der Waals surface area contributed by atoms with Gasteiger partial charge in [0.25, 0.3) is 0 Å². The minimum absolute atomic E-state index is 0.0665. The zero-order valence-electron chi connectivity index (χ0n) is 11.4. The maximum Gasteiger partial charge on any atom is 0.240 e. The minimum Gasteiger partial charge on any atom is -0.491 e. The Bertz CT molecular complexity index is 469. The number of sulfonamides is 1. The van der Waals surface area contributed by atoms with E-state index in [2.05, 4.69) is 4.72 Å². The first kappa shape index (κ1) is 15.9. The molecule has 0 bridgehead atoms. The summed E-state index contributed by atoms with van der Waals surface area (Å²) < 4.78 is 31.9. The van der Waals surface area contributed by atoms with Gasteiger partial charge in [0.2, 0.25) is 10.0 Å². The number of hydrogen-bond acceptors (Lipinski definition) is 4. The Morgan fingerprint density at radius 1 is 1.21 bits per heavy atom. The van der Waals surface area contributed by atoms with Crippen molar-refractivity contribution in [2.24, 2.45) is 5.73 Å². The zero-order valence-corrected chi connectivity index (χ0v) is 12.2. The van der Waals surface area contributed by atoms with Crippen molar-refractivity contribution in [3.8, 4) is 5.75 Å². The number of rotatable bonds is 8. The third-order valence-electron chi connectivity index (χ3n) is 2.43. The van der Waals surface area contributed by atoms with Crippen LogP contribution in [0.25, 0.3) is 0 Å². The summed E-state index contributed by atoms with van der Waals surface area (Å²) in [5, 5.41) is 0. The molecule has 19 heavy (non-hydrogen) atoms. The van der Waals surface area contributed by atoms with E-state index in [9.17, 15) is 8.42 Å². The van der Waals surface area contributed by atoms with Crippen molar-refractivity contribution in [1.82, 2.24) is 4.72 Å². The van der Waals surface area contributed by atoms with Gasteiger partial charge < -0.3 is 10.5 Å². The molecule has 0 fully saturated rings. The summed E-state index contributed by atoms with van der Waals surface area (Å²) in [7, 11) is -3.43. The standard InChI is InChI=1S/C13H22N2O3S/c1-11(2)18-12-5-7-13(8-6-12)19(16,17)15-10-4-3-9-14/h5-8,11,15H,3-4,9-10,14H2,1-2H3. The molecule has 3 N–H and O–H groups in total. The summed E-state index contributed by atoms with van der Waals surface area (Å²) in [5.41, 5.74) is 5.35. The fourth-order valence-corrected chi connectivity index (χ4v) is 2.60. The summed E-state index contributed by atoms with van der Waals surface area (Å²) in [5.74, 6) is 0.664. The molecule has 0 radical (unpaired) electrons. The lowest BCUT2D eigenvalue weighted by molar-refractivity contribution is 0.242.